The summed E-state index contributed by atoms with van der Waals surface area (Å²) in [5.74, 6) is -0.102. The van der Waals surface area contributed by atoms with Crippen LogP contribution < -0.4 is 0 Å². The lowest BCUT2D eigenvalue weighted by atomic mass is 10.2. The molecule has 150 valence electrons. The van der Waals surface area contributed by atoms with Gasteiger partial charge in [0, 0.05) is 38.6 Å². The van der Waals surface area contributed by atoms with Crippen molar-refractivity contribution in [1.29, 1.82) is 0 Å². The Bertz CT molecular complexity index is 1030. The van der Waals surface area contributed by atoms with Crippen LogP contribution in [0.25, 0.3) is 21.9 Å². The van der Waals surface area contributed by atoms with Gasteiger partial charge in [-0.1, -0.05) is 25.1 Å². The van der Waals surface area contributed by atoms with Gasteiger partial charge in [-0.2, -0.15) is 0 Å². The third-order valence-electron chi connectivity index (χ3n) is 5.13. The number of amides is 2. The first-order chi connectivity index (χ1) is 13.3. The van der Waals surface area contributed by atoms with Gasteiger partial charge < -0.3 is 14.4 Å². The maximum Gasteiger partial charge on any atom is 0.328 e. The molecule has 1 aromatic carbocycles. The second-order valence-corrected chi connectivity index (χ2v) is 7.64. The number of fused-ring (bicyclic) bond motifs is 3. The third kappa shape index (κ3) is 3.07. The van der Waals surface area contributed by atoms with Crippen molar-refractivity contribution in [1.82, 2.24) is 18.9 Å². The van der Waals surface area contributed by atoms with E-state index in [1.807, 2.05) is 31.2 Å². The third-order valence-corrected chi connectivity index (χ3v) is 5.13. The van der Waals surface area contributed by atoms with Gasteiger partial charge in [-0.15, -0.1) is 0 Å². The number of para-hydroxylation sites is 1. The van der Waals surface area contributed by atoms with Crippen LogP contribution in [0.15, 0.2) is 30.3 Å². The Morgan fingerprint density at radius 3 is 2.32 bits per heavy atom. The highest BCUT2D eigenvalue weighted by Gasteiger charge is 2.28. The van der Waals surface area contributed by atoms with Gasteiger partial charge in [0.1, 0.15) is 5.69 Å². The van der Waals surface area contributed by atoms with Gasteiger partial charge in [0.15, 0.2) is 0 Å². The van der Waals surface area contributed by atoms with Crippen LogP contribution in [-0.4, -0.2) is 58.1 Å². The van der Waals surface area contributed by atoms with Crippen LogP contribution >= 0.6 is 0 Å². The van der Waals surface area contributed by atoms with E-state index >= 15 is 0 Å². The molecule has 0 fully saturated rings. The fraction of sp³-hybridized carbons (Fsp3) is 0.455. The molecular weight excluding hydrogens is 352 g/mol. The van der Waals surface area contributed by atoms with Crippen molar-refractivity contribution >= 4 is 33.9 Å². The molecule has 0 saturated heterocycles. The molecular formula is C22H30N4O2. The summed E-state index contributed by atoms with van der Waals surface area (Å²) in [5.41, 5.74) is 3.23. The molecule has 0 bridgehead atoms. The van der Waals surface area contributed by atoms with E-state index in [2.05, 4.69) is 31.4 Å². The zero-order valence-corrected chi connectivity index (χ0v) is 17.7. The first kappa shape index (κ1) is 20.0. The Hall–Kier alpha value is -2.76. The van der Waals surface area contributed by atoms with Crippen LogP contribution in [0.3, 0.4) is 0 Å². The number of aromatic nitrogens is 2. The van der Waals surface area contributed by atoms with Gasteiger partial charge in [0.05, 0.1) is 16.6 Å². The predicted octanol–water partition coefficient (Wildman–Crippen LogP) is 4.58. The quantitative estimate of drug-likeness (QED) is 0.649. The van der Waals surface area contributed by atoms with E-state index in [0.717, 1.165) is 28.4 Å². The second kappa shape index (κ2) is 7.70. The van der Waals surface area contributed by atoms with E-state index in [4.69, 9.17) is 0 Å². The lowest BCUT2D eigenvalue weighted by Crippen LogP contribution is -2.36. The van der Waals surface area contributed by atoms with E-state index in [9.17, 15) is 9.59 Å². The highest BCUT2D eigenvalue weighted by atomic mass is 16.2. The number of hydrogen-bond acceptors (Lipinski definition) is 2. The Morgan fingerprint density at radius 1 is 1.07 bits per heavy atom. The molecule has 0 N–H and O–H groups in total. The van der Waals surface area contributed by atoms with E-state index in [1.54, 1.807) is 23.6 Å². The van der Waals surface area contributed by atoms with Crippen LogP contribution in [-0.2, 0) is 0 Å². The number of nitrogens with zero attached hydrogens (tertiary/aromatic N) is 4. The van der Waals surface area contributed by atoms with Gasteiger partial charge in [-0.25, -0.2) is 4.79 Å². The number of carbonyl (C=O) groups is 2. The Labute approximate surface area is 166 Å². The van der Waals surface area contributed by atoms with Crippen molar-refractivity contribution in [2.45, 2.75) is 40.2 Å². The van der Waals surface area contributed by atoms with Crippen LogP contribution in [0.1, 0.15) is 50.6 Å². The minimum Gasteiger partial charge on any atom is -0.338 e. The van der Waals surface area contributed by atoms with Crippen molar-refractivity contribution in [3.05, 3.63) is 36.0 Å². The maximum absolute atomic E-state index is 13.3. The summed E-state index contributed by atoms with van der Waals surface area (Å²) < 4.78 is 3.80. The summed E-state index contributed by atoms with van der Waals surface area (Å²) in [6, 6.07) is 9.94. The molecule has 0 aliphatic rings. The van der Waals surface area contributed by atoms with Crippen LogP contribution in [0.5, 0.6) is 0 Å². The molecule has 3 rings (SSSR count). The molecule has 0 aliphatic heterocycles. The molecule has 0 unspecified atom stereocenters. The van der Waals surface area contributed by atoms with E-state index in [-0.39, 0.29) is 18.0 Å². The smallest absolute Gasteiger partial charge is 0.328 e. The summed E-state index contributed by atoms with van der Waals surface area (Å²) in [4.78, 5) is 29.8. The molecule has 6 nitrogen and oxygen atoms in total. The van der Waals surface area contributed by atoms with Gasteiger partial charge in [0.2, 0.25) is 0 Å². The molecule has 2 heterocycles. The van der Waals surface area contributed by atoms with Crippen LogP contribution in [0.2, 0.25) is 0 Å². The molecule has 3 aromatic rings. The molecule has 2 aromatic heterocycles. The largest absolute Gasteiger partial charge is 0.338 e. The molecule has 0 saturated carbocycles. The van der Waals surface area contributed by atoms with E-state index in [0.29, 0.717) is 18.8 Å². The van der Waals surface area contributed by atoms with Crippen molar-refractivity contribution in [3.8, 4) is 0 Å². The number of benzene rings is 1. The Morgan fingerprint density at radius 2 is 1.75 bits per heavy atom. The molecule has 0 atom stereocenters. The standard InChI is InChI=1S/C22H30N4O2/c1-7-13-24(8-2)21(27)19-14-18-20(26(19)22(28)23(5)6)16-11-9-10-12-17(16)25(18)15(3)4/h9-12,14-15H,7-8,13H2,1-6H3. The second-order valence-electron chi connectivity index (χ2n) is 7.64. The topological polar surface area (TPSA) is 50.5 Å². The SMILES string of the molecule is CCCN(CC)C(=O)c1cc2c(c3ccccc3n2C(C)C)n1C(=O)N(C)C. The van der Waals surface area contributed by atoms with E-state index < -0.39 is 0 Å². The van der Waals surface area contributed by atoms with Gasteiger partial charge in [-0.3, -0.25) is 9.36 Å². The number of rotatable bonds is 5. The molecule has 0 spiro atoms. The summed E-state index contributed by atoms with van der Waals surface area (Å²) in [5, 5.41) is 0.985. The zero-order chi connectivity index (χ0) is 20.6. The average molecular weight is 383 g/mol. The predicted molar refractivity (Wildman–Crippen MR) is 114 cm³/mol. The lowest BCUT2D eigenvalue weighted by Gasteiger charge is -2.22. The van der Waals surface area contributed by atoms with Gasteiger partial charge >= 0.3 is 6.03 Å². The van der Waals surface area contributed by atoms with Crippen LogP contribution in [0, 0.1) is 0 Å². The molecule has 6 heteroatoms. The zero-order valence-electron chi connectivity index (χ0n) is 17.7. The molecule has 2 amide bonds. The normalized spacial score (nSPS) is 11.5. The van der Waals surface area contributed by atoms with E-state index in [1.165, 1.54) is 4.90 Å². The van der Waals surface area contributed by atoms with Crippen molar-refractivity contribution in [3.63, 3.8) is 0 Å². The van der Waals surface area contributed by atoms with Crippen molar-refractivity contribution in [2.75, 3.05) is 27.2 Å². The summed E-state index contributed by atoms with van der Waals surface area (Å²) in [6.45, 7) is 9.55. The minimum absolute atomic E-state index is 0.102. The Balaban J connectivity index is 2.39. The highest BCUT2D eigenvalue weighted by molar-refractivity contribution is 6.14. The van der Waals surface area contributed by atoms with Gasteiger partial charge in [0.25, 0.3) is 5.91 Å². The van der Waals surface area contributed by atoms with Gasteiger partial charge in [-0.05, 0) is 39.3 Å². The monoisotopic (exact) mass is 382 g/mol. The molecule has 28 heavy (non-hydrogen) atoms. The van der Waals surface area contributed by atoms with Crippen molar-refractivity contribution in [2.24, 2.45) is 0 Å². The lowest BCUT2D eigenvalue weighted by molar-refractivity contribution is 0.0754. The number of hydrogen-bond donors (Lipinski definition) is 0. The van der Waals surface area contributed by atoms with Crippen molar-refractivity contribution < 1.29 is 9.59 Å². The minimum atomic E-state index is -0.211. The number of carbonyl (C=O) groups excluding carboxylic acids is 2. The first-order valence-electron chi connectivity index (χ1n) is 9.98. The average Bonchev–Trinajstić information content (AvgIpc) is 3.19. The highest BCUT2D eigenvalue weighted by Crippen LogP contribution is 2.34. The van der Waals surface area contributed by atoms with Crippen LogP contribution in [0.4, 0.5) is 4.79 Å². The Kier molecular flexibility index (Phi) is 5.49. The summed E-state index contributed by atoms with van der Waals surface area (Å²) >= 11 is 0. The summed E-state index contributed by atoms with van der Waals surface area (Å²) in [6.07, 6.45) is 0.878. The molecule has 0 radical (unpaired) electrons. The summed E-state index contributed by atoms with van der Waals surface area (Å²) in [7, 11) is 3.43. The molecule has 0 aliphatic carbocycles. The maximum atomic E-state index is 13.3. The fourth-order valence-electron chi connectivity index (χ4n) is 3.90. The first-order valence-corrected chi connectivity index (χ1v) is 9.98. The fourth-order valence-corrected chi connectivity index (χ4v) is 3.90.